The maximum Gasteiger partial charge on any atom is 0.256 e. The number of morpholine rings is 1. The summed E-state index contributed by atoms with van der Waals surface area (Å²) < 4.78 is 19.1. The van der Waals surface area contributed by atoms with Gasteiger partial charge in [0.25, 0.3) is 5.91 Å². The van der Waals surface area contributed by atoms with Gasteiger partial charge in [-0.3, -0.25) is 4.79 Å². The Labute approximate surface area is 150 Å². The second-order valence-corrected chi connectivity index (χ2v) is 6.07. The number of aryl methyl sites for hydroxylation is 1. The molecule has 2 aromatic rings. The predicted molar refractivity (Wildman–Crippen MR) is 92.4 cm³/mol. The Morgan fingerprint density at radius 2 is 2.12 bits per heavy atom. The molecule has 1 aliphatic heterocycles. The molecule has 0 aliphatic carbocycles. The number of ether oxygens (including phenoxy) is 1. The van der Waals surface area contributed by atoms with Crippen LogP contribution in [0.1, 0.15) is 21.9 Å². The first-order valence-electron chi connectivity index (χ1n) is 7.94. The number of anilines is 1. The summed E-state index contributed by atoms with van der Waals surface area (Å²) in [7, 11) is 0. The number of aromatic nitrogens is 2. The zero-order valence-electron chi connectivity index (χ0n) is 13.8. The van der Waals surface area contributed by atoms with Gasteiger partial charge in [0.1, 0.15) is 17.5 Å². The lowest BCUT2D eigenvalue weighted by atomic mass is 10.2. The molecule has 2 heterocycles. The molecule has 0 saturated carbocycles. The molecule has 1 saturated heterocycles. The zero-order chi connectivity index (χ0) is 17.8. The highest BCUT2D eigenvalue weighted by Gasteiger charge is 2.17. The van der Waals surface area contributed by atoms with E-state index in [4.69, 9.17) is 16.3 Å². The smallest absolute Gasteiger partial charge is 0.256 e. The SMILES string of the molecule is Cc1cc(N2CCOCC2)nc(CNC(=O)c2c(F)cccc2Cl)n1. The second-order valence-electron chi connectivity index (χ2n) is 5.66. The molecule has 0 atom stereocenters. The summed E-state index contributed by atoms with van der Waals surface area (Å²) in [6.45, 7) is 4.77. The summed E-state index contributed by atoms with van der Waals surface area (Å²) in [5.74, 6) is -0.00317. The first-order chi connectivity index (χ1) is 12.0. The molecule has 25 heavy (non-hydrogen) atoms. The van der Waals surface area contributed by atoms with Gasteiger partial charge in [-0.05, 0) is 19.1 Å². The molecular weight excluding hydrogens is 347 g/mol. The Kier molecular flexibility index (Phi) is 5.45. The fourth-order valence-electron chi connectivity index (χ4n) is 2.61. The number of hydrogen-bond acceptors (Lipinski definition) is 5. The number of nitrogens with one attached hydrogen (secondary N) is 1. The standard InChI is InChI=1S/C17H18ClFN4O2/c1-11-9-15(23-5-7-25-8-6-23)22-14(21-11)10-20-17(24)16-12(18)3-2-4-13(16)19/h2-4,9H,5-8,10H2,1H3,(H,20,24). The molecule has 1 fully saturated rings. The maximum absolute atomic E-state index is 13.8. The van der Waals surface area contributed by atoms with Crippen molar-refractivity contribution in [2.75, 3.05) is 31.2 Å². The molecule has 1 aliphatic rings. The lowest BCUT2D eigenvalue weighted by Gasteiger charge is -2.28. The van der Waals surface area contributed by atoms with Crippen LogP contribution in [0.3, 0.4) is 0 Å². The first kappa shape index (κ1) is 17.6. The second kappa shape index (κ2) is 7.76. The first-order valence-corrected chi connectivity index (χ1v) is 8.32. The van der Waals surface area contributed by atoms with Gasteiger partial charge in [-0.1, -0.05) is 17.7 Å². The van der Waals surface area contributed by atoms with Gasteiger partial charge in [0.05, 0.1) is 30.3 Å². The molecular formula is C17H18ClFN4O2. The van der Waals surface area contributed by atoms with E-state index in [9.17, 15) is 9.18 Å². The minimum atomic E-state index is -0.663. The molecule has 1 amide bonds. The topological polar surface area (TPSA) is 67.3 Å². The van der Waals surface area contributed by atoms with Crippen molar-refractivity contribution < 1.29 is 13.9 Å². The number of carbonyl (C=O) groups is 1. The molecule has 132 valence electrons. The molecule has 0 radical (unpaired) electrons. The van der Waals surface area contributed by atoms with Crippen molar-refractivity contribution in [3.05, 3.63) is 52.2 Å². The number of amides is 1. The highest BCUT2D eigenvalue weighted by Crippen LogP contribution is 2.19. The Morgan fingerprint density at radius 1 is 1.36 bits per heavy atom. The fourth-order valence-corrected chi connectivity index (χ4v) is 2.86. The van der Waals surface area contributed by atoms with Gasteiger partial charge in [0.2, 0.25) is 0 Å². The third-order valence-corrected chi connectivity index (χ3v) is 4.13. The number of benzene rings is 1. The Hall–Kier alpha value is -2.25. The summed E-state index contributed by atoms with van der Waals surface area (Å²) in [6, 6.07) is 6.01. The molecule has 0 unspecified atom stereocenters. The van der Waals surface area contributed by atoms with E-state index < -0.39 is 11.7 Å². The number of rotatable bonds is 4. The third-order valence-electron chi connectivity index (χ3n) is 3.82. The van der Waals surface area contributed by atoms with Crippen molar-refractivity contribution in [1.29, 1.82) is 0 Å². The van der Waals surface area contributed by atoms with Crippen LogP contribution in [0.2, 0.25) is 5.02 Å². The molecule has 1 aromatic carbocycles. The summed E-state index contributed by atoms with van der Waals surface area (Å²) in [5.41, 5.74) is 0.620. The zero-order valence-corrected chi connectivity index (χ0v) is 14.5. The van der Waals surface area contributed by atoms with Crippen molar-refractivity contribution in [2.45, 2.75) is 13.5 Å². The van der Waals surface area contributed by atoms with Crippen molar-refractivity contribution in [2.24, 2.45) is 0 Å². The normalized spacial score (nSPS) is 14.4. The Bertz CT molecular complexity index is 761. The van der Waals surface area contributed by atoms with Crippen LogP contribution >= 0.6 is 11.6 Å². The molecule has 0 bridgehead atoms. The summed E-state index contributed by atoms with van der Waals surface area (Å²) >= 11 is 5.91. The van der Waals surface area contributed by atoms with E-state index in [1.807, 2.05) is 13.0 Å². The van der Waals surface area contributed by atoms with Crippen LogP contribution in [0, 0.1) is 12.7 Å². The molecule has 1 aromatic heterocycles. The minimum Gasteiger partial charge on any atom is -0.378 e. The largest absolute Gasteiger partial charge is 0.378 e. The lowest BCUT2D eigenvalue weighted by Crippen LogP contribution is -2.37. The molecule has 3 rings (SSSR count). The van der Waals surface area contributed by atoms with Crippen LogP contribution in [0.25, 0.3) is 0 Å². The molecule has 1 N–H and O–H groups in total. The summed E-state index contributed by atoms with van der Waals surface area (Å²) in [4.78, 5) is 23.1. The fraction of sp³-hybridized carbons (Fsp3) is 0.353. The molecule has 6 nitrogen and oxygen atoms in total. The molecule has 8 heteroatoms. The quantitative estimate of drug-likeness (QED) is 0.902. The number of halogens is 2. The van der Waals surface area contributed by atoms with E-state index in [1.54, 1.807) is 0 Å². The Balaban J connectivity index is 1.72. The van der Waals surface area contributed by atoms with Crippen molar-refractivity contribution in [3.8, 4) is 0 Å². The monoisotopic (exact) mass is 364 g/mol. The Morgan fingerprint density at radius 3 is 2.84 bits per heavy atom. The lowest BCUT2D eigenvalue weighted by molar-refractivity contribution is 0.0946. The van der Waals surface area contributed by atoms with Crippen molar-refractivity contribution >= 4 is 23.3 Å². The van der Waals surface area contributed by atoms with Gasteiger partial charge in [-0.15, -0.1) is 0 Å². The van der Waals surface area contributed by atoms with Crippen molar-refractivity contribution in [1.82, 2.24) is 15.3 Å². The van der Waals surface area contributed by atoms with Gasteiger partial charge in [0, 0.05) is 24.8 Å². The third kappa shape index (κ3) is 4.24. The maximum atomic E-state index is 13.8. The van der Waals surface area contributed by atoms with Gasteiger partial charge >= 0.3 is 0 Å². The minimum absolute atomic E-state index is 0.0664. The number of nitrogens with zero attached hydrogens (tertiary/aromatic N) is 3. The van der Waals surface area contributed by atoms with Crippen LogP contribution in [0.15, 0.2) is 24.3 Å². The number of hydrogen-bond donors (Lipinski definition) is 1. The van der Waals surface area contributed by atoms with Crippen LogP contribution in [-0.4, -0.2) is 42.2 Å². The average Bonchev–Trinajstić information content (AvgIpc) is 2.60. The summed E-state index contributed by atoms with van der Waals surface area (Å²) in [6.07, 6.45) is 0. The highest BCUT2D eigenvalue weighted by atomic mass is 35.5. The van der Waals surface area contributed by atoms with E-state index in [2.05, 4.69) is 20.2 Å². The van der Waals surface area contributed by atoms with Gasteiger partial charge in [-0.2, -0.15) is 0 Å². The van der Waals surface area contributed by atoms with E-state index >= 15 is 0 Å². The average molecular weight is 365 g/mol. The summed E-state index contributed by atoms with van der Waals surface area (Å²) in [5, 5.41) is 2.69. The van der Waals surface area contributed by atoms with Crippen LogP contribution < -0.4 is 10.2 Å². The van der Waals surface area contributed by atoms with Gasteiger partial charge in [0.15, 0.2) is 0 Å². The van der Waals surface area contributed by atoms with E-state index in [-0.39, 0.29) is 17.1 Å². The van der Waals surface area contributed by atoms with Crippen LogP contribution in [0.4, 0.5) is 10.2 Å². The number of carbonyl (C=O) groups excluding carboxylic acids is 1. The highest BCUT2D eigenvalue weighted by molar-refractivity contribution is 6.33. The van der Waals surface area contributed by atoms with Gasteiger partial charge in [-0.25, -0.2) is 14.4 Å². The van der Waals surface area contributed by atoms with E-state index in [0.717, 1.165) is 24.6 Å². The van der Waals surface area contributed by atoms with E-state index in [0.29, 0.717) is 19.0 Å². The van der Waals surface area contributed by atoms with E-state index in [1.165, 1.54) is 18.2 Å². The van der Waals surface area contributed by atoms with Crippen LogP contribution in [0.5, 0.6) is 0 Å². The van der Waals surface area contributed by atoms with Gasteiger partial charge < -0.3 is 15.0 Å². The van der Waals surface area contributed by atoms with Crippen LogP contribution in [-0.2, 0) is 11.3 Å². The van der Waals surface area contributed by atoms with Crippen molar-refractivity contribution in [3.63, 3.8) is 0 Å². The molecule has 0 spiro atoms. The predicted octanol–water partition coefficient (Wildman–Crippen LogP) is 2.34.